The topological polar surface area (TPSA) is 65.7 Å². The largest absolute Gasteiger partial charge is 0.444 e. The number of rotatable bonds is 4. The van der Waals surface area contributed by atoms with Crippen LogP contribution in [0.3, 0.4) is 0 Å². The van der Waals surface area contributed by atoms with Gasteiger partial charge in [-0.1, -0.05) is 12.1 Å². The fraction of sp³-hybridized carbons (Fsp3) is 0.312. The number of carbonyl (C=O) groups excluding carboxylic acids is 1. The summed E-state index contributed by atoms with van der Waals surface area (Å²) in [5.74, 6) is -0.125. The highest BCUT2D eigenvalue weighted by Gasteiger charge is 2.18. The molecule has 22 heavy (non-hydrogen) atoms. The van der Waals surface area contributed by atoms with Crippen LogP contribution >= 0.6 is 15.9 Å². The normalized spacial score (nSPS) is 14.8. The Hall–Kier alpha value is -1.79. The summed E-state index contributed by atoms with van der Waals surface area (Å²) in [5, 5.41) is 12.9. The van der Waals surface area contributed by atoms with Crippen LogP contribution in [0.4, 0.5) is 5.69 Å². The molecule has 2 N–H and O–H groups in total. The molecule has 0 aliphatic carbocycles. The Labute approximate surface area is 137 Å². The van der Waals surface area contributed by atoms with Crippen molar-refractivity contribution in [2.24, 2.45) is 0 Å². The molecular formula is C16H17BrN2O3. The number of furan rings is 1. The third-order valence-corrected chi connectivity index (χ3v) is 4.30. The SMILES string of the molecule is CN1CCc2cc([C@H](O)CNC(=O)c3ccc(Br)o3)ccc21. The number of likely N-dealkylation sites (N-methyl/N-ethyl adjacent to an activating group) is 1. The summed E-state index contributed by atoms with van der Waals surface area (Å²) in [5.41, 5.74) is 3.26. The lowest BCUT2D eigenvalue weighted by Crippen LogP contribution is -2.28. The predicted octanol–water partition coefficient (Wildman–Crippen LogP) is 2.50. The van der Waals surface area contributed by atoms with E-state index in [1.165, 1.54) is 11.3 Å². The minimum atomic E-state index is -0.737. The maximum absolute atomic E-state index is 11.9. The van der Waals surface area contributed by atoms with E-state index in [2.05, 4.69) is 33.2 Å². The van der Waals surface area contributed by atoms with Gasteiger partial charge in [0.25, 0.3) is 5.91 Å². The highest BCUT2D eigenvalue weighted by molar-refractivity contribution is 9.10. The average molecular weight is 365 g/mol. The van der Waals surface area contributed by atoms with Crippen LogP contribution in [0.15, 0.2) is 39.4 Å². The summed E-state index contributed by atoms with van der Waals surface area (Å²) < 4.78 is 5.67. The molecule has 6 heteroatoms. The van der Waals surface area contributed by atoms with E-state index in [1.807, 2.05) is 18.2 Å². The van der Waals surface area contributed by atoms with Crippen LogP contribution in [0.5, 0.6) is 0 Å². The Morgan fingerprint density at radius 1 is 1.45 bits per heavy atom. The van der Waals surface area contributed by atoms with E-state index in [0.717, 1.165) is 18.5 Å². The number of nitrogens with one attached hydrogen (secondary N) is 1. The number of fused-ring (bicyclic) bond motifs is 1. The zero-order valence-corrected chi connectivity index (χ0v) is 13.8. The number of hydrogen-bond donors (Lipinski definition) is 2. The van der Waals surface area contributed by atoms with Crippen LogP contribution in [-0.4, -0.2) is 31.2 Å². The van der Waals surface area contributed by atoms with Crippen molar-refractivity contribution >= 4 is 27.5 Å². The molecule has 1 aliphatic heterocycles. The molecule has 2 heterocycles. The summed E-state index contributed by atoms with van der Waals surface area (Å²) >= 11 is 3.15. The number of carbonyl (C=O) groups is 1. The van der Waals surface area contributed by atoms with Gasteiger partial charge in [0.15, 0.2) is 10.4 Å². The second kappa shape index (κ2) is 6.14. The second-order valence-corrected chi connectivity index (χ2v) is 6.17. The summed E-state index contributed by atoms with van der Waals surface area (Å²) in [7, 11) is 2.06. The molecule has 1 aliphatic rings. The Morgan fingerprint density at radius 3 is 3.00 bits per heavy atom. The molecular weight excluding hydrogens is 348 g/mol. The Morgan fingerprint density at radius 2 is 2.27 bits per heavy atom. The minimum absolute atomic E-state index is 0.145. The van der Waals surface area contributed by atoms with Crippen molar-refractivity contribution in [2.75, 3.05) is 25.0 Å². The first-order valence-electron chi connectivity index (χ1n) is 7.10. The Bertz CT molecular complexity index is 698. The van der Waals surface area contributed by atoms with Gasteiger partial charge in [-0.05, 0) is 51.7 Å². The summed E-state index contributed by atoms with van der Waals surface area (Å²) in [6.45, 7) is 1.14. The van der Waals surface area contributed by atoms with Crippen molar-refractivity contribution in [3.05, 3.63) is 51.9 Å². The monoisotopic (exact) mass is 364 g/mol. The number of aliphatic hydroxyl groups is 1. The number of benzene rings is 1. The number of aliphatic hydroxyl groups excluding tert-OH is 1. The smallest absolute Gasteiger partial charge is 0.287 e. The molecule has 2 aromatic rings. The molecule has 0 radical (unpaired) electrons. The highest BCUT2D eigenvalue weighted by atomic mass is 79.9. The van der Waals surface area contributed by atoms with Crippen LogP contribution in [0, 0.1) is 0 Å². The van der Waals surface area contributed by atoms with Gasteiger partial charge in [-0.2, -0.15) is 0 Å². The quantitative estimate of drug-likeness (QED) is 0.874. The van der Waals surface area contributed by atoms with Gasteiger partial charge in [-0.15, -0.1) is 0 Å². The maximum atomic E-state index is 11.9. The van der Waals surface area contributed by atoms with E-state index in [9.17, 15) is 9.90 Å². The molecule has 0 unspecified atom stereocenters. The van der Waals surface area contributed by atoms with E-state index in [1.54, 1.807) is 12.1 Å². The molecule has 116 valence electrons. The standard InChI is InChI=1S/C16H17BrN2O3/c1-19-7-6-10-8-11(2-3-12(10)19)13(20)9-18-16(21)14-4-5-15(17)22-14/h2-5,8,13,20H,6-7,9H2,1H3,(H,18,21)/t13-/m1/s1. The van der Waals surface area contributed by atoms with Gasteiger partial charge < -0.3 is 19.7 Å². The molecule has 1 atom stereocenters. The molecule has 1 aromatic carbocycles. The summed E-state index contributed by atoms with van der Waals surface area (Å²) in [4.78, 5) is 14.1. The maximum Gasteiger partial charge on any atom is 0.287 e. The van der Waals surface area contributed by atoms with E-state index >= 15 is 0 Å². The van der Waals surface area contributed by atoms with Gasteiger partial charge in [0, 0.05) is 25.8 Å². The van der Waals surface area contributed by atoms with Crippen molar-refractivity contribution in [3.8, 4) is 0 Å². The highest BCUT2D eigenvalue weighted by Crippen LogP contribution is 2.29. The number of amides is 1. The van der Waals surface area contributed by atoms with Crippen LogP contribution in [0.1, 0.15) is 27.8 Å². The molecule has 0 spiro atoms. The number of nitrogens with zero attached hydrogens (tertiary/aromatic N) is 1. The predicted molar refractivity (Wildman–Crippen MR) is 87.1 cm³/mol. The van der Waals surface area contributed by atoms with E-state index in [0.29, 0.717) is 4.67 Å². The van der Waals surface area contributed by atoms with Crippen molar-refractivity contribution in [1.29, 1.82) is 0 Å². The summed E-state index contributed by atoms with van der Waals surface area (Å²) in [6, 6.07) is 9.17. The Kier molecular flexibility index (Phi) is 4.22. The molecule has 1 amide bonds. The van der Waals surface area contributed by atoms with Crippen molar-refractivity contribution in [2.45, 2.75) is 12.5 Å². The Balaban J connectivity index is 1.63. The zero-order valence-electron chi connectivity index (χ0n) is 12.2. The van der Waals surface area contributed by atoms with Crippen LogP contribution in [0.2, 0.25) is 0 Å². The molecule has 0 saturated heterocycles. The number of halogens is 1. The molecule has 0 bridgehead atoms. The van der Waals surface area contributed by atoms with Gasteiger partial charge in [-0.25, -0.2) is 0 Å². The van der Waals surface area contributed by atoms with Gasteiger partial charge in [0.2, 0.25) is 0 Å². The third kappa shape index (κ3) is 3.03. The van der Waals surface area contributed by atoms with Gasteiger partial charge in [0.1, 0.15) is 0 Å². The molecule has 3 rings (SSSR count). The third-order valence-electron chi connectivity index (χ3n) is 3.87. The lowest BCUT2D eigenvalue weighted by atomic mass is 10.0. The fourth-order valence-corrected chi connectivity index (χ4v) is 2.93. The van der Waals surface area contributed by atoms with Gasteiger partial charge >= 0.3 is 0 Å². The fourth-order valence-electron chi connectivity index (χ4n) is 2.62. The number of hydrogen-bond acceptors (Lipinski definition) is 4. The number of anilines is 1. The lowest BCUT2D eigenvalue weighted by molar-refractivity contribution is 0.0888. The van der Waals surface area contributed by atoms with Crippen molar-refractivity contribution in [3.63, 3.8) is 0 Å². The lowest BCUT2D eigenvalue weighted by Gasteiger charge is -2.15. The van der Waals surface area contributed by atoms with Crippen LogP contribution in [0.25, 0.3) is 0 Å². The molecule has 0 saturated carbocycles. The van der Waals surface area contributed by atoms with E-state index in [4.69, 9.17) is 4.42 Å². The minimum Gasteiger partial charge on any atom is -0.444 e. The van der Waals surface area contributed by atoms with Crippen molar-refractivity contribution < 1.29 is 14.3 Å². The first-order chi connectivity index (χ1) is 10.5. The van der Waals surface area contributed by atoms with Crippen LogP contribution in [-0.2, 0) is 6.42 Å². The first kappa shape index (κ1) is 15.1. The molecule has 1 aromatic heterocycles. The summed E-state index contributed by atoms with van der Waals surface area (Å²) in [6.07, 6.45) is 0.248. The van der Waals surface area contributed by atoms with E-state index in [-0.39, 0.29) is 18.2 Å². The van der Waals surface area contributed by atoms with Gasteiger partial charge in [0.05, 0.1) is 6.10 Å². The zero-order chi connectivity index (χ0) is 15.7. The van der Waals surface area contributed by atoms with E-state index < -0.39 is 6.10 Å². The average Bonchev–Trinajstić information content (AvgIpc) is 3.11. The first-order valence-corrected chi connectivity index (χ1v) is 7.89. The molecule has 0 fully saturated rings. The second-order valence-electron chi connectivity index (χ2n) is 5.39. The van der Waals surface area contributed by atoms with Gasteiger partial charge in [-0.3, -0.25) is 4.79 Å². The van der Waals surface area contributed by atoms with Crippen LogP contribution < -0.4 is 10.2 Å². The van der Waals surface area contributed by atoms with Crippen molar-refractivity contribution in [1.82, 2.24) is 5.32 Å². The molecule has 5 nitrogen and oxygen atoms in total.